The minimum atomic E-state index is -0.277. The topological polar surface area (TPSA) is 12.0 Å². The zero-order chi connectivity index (χ0) is 13.5. The molecule has 0 saturated carbocycles. The largest absolute Gasteiger partial charge is 0.310 e. The molecule has 0 saturated heterocycles. The molecule has 0 aliphatic carbocycles. The third kappa shape index (κ3) is 4.58. The first kappa shape index (κ1) is 15.5. The van der Waals surface area contributed by atoms with Crippen molar-refractivity contribution in [3.05, 3.63) is 34.6 Å². The summed E-state index contributed by atoms with van der Waals surface area (Å²) < 4.78 is 13.1. The Balaban J connectivity index is 2.82. The van der Waals surface area contributed by atoms with Crippen molar-refractivity contribution in [3.63, 3.8) is 0 Å². The quantitative estimate of drug-likeness (QED) is 0.739. The summed E-state index contributed by atoms with van der Waals surface area (Å²) in [4.78, 5) is 0. The van der Waals surface area contributed by atoms with E-state index in [1.165, 1.54) is 25.0 Å². The second-order valence-corrected chi connectivity index (χ2v) is 5.31. The van der Waals surface area contributed by atoms with Crippen molar-refractivity contribution in [1.82, 2.24) is 5.32 Å². The molecule has 0 heterocycles. The van der Waals surface area contributed by atoms with E-state index in [0.717, 1.165) is 18.5 Å². The molecular formula is C15H23ClFN. The van der Waals surface area contributed by atoms with Crippen molar-refractivity contribution in [1.29, 1.82) is 0 Å². The number of nitrogens with one attached hydrogen (secondary N) is 1. The van der Waals surface area contributed by atoms with Gasteiger partial charge in [-0.25, -0.2) is 4.39 Å². The zero-order valence-electron chi connectivity index (χ0n) is 11.5. The molecule has 0 bridgehead atoms. The first-order valence-electron chi connectivity index (χ1n) is 6.76. The Bertz CT molecular complexity index is 368. The van der Waals surface area contributed by atoms with E-state index in [-0.39, 0.29) is 11.9 Å². The van der Waals surface area contributed by atoms with Crippen LogP contribution in [0, 0.1) is 11.7 Å². The van der Waals surface area contributed by atoms with Gasteiger partial charge in [-0.1, -0.05) is 51.3 Å². The molecule has 102 valence electrons. The molecule has 1 N–H and O–H groups in total. The molecule has 1 nitrogen and oxygen atoms in total. The van der Waals surface area contributed by atoms with Crippen LogP contribution in [0.4, 0.5) is 4.39 Å². The van der Waals surface area contributed by atoms with Gasteiger partial charge in [-0.2, -0.15) is 0 Å². The lowest BCUT2D eigenvalue weighted by atomic mass is 9.93. The Morgan fingerprint density at radius 3 is 2.61 bits per heavy atom. The lowest BCUT2D eigenvalue weighted by Gasteiger charge is -2.23. The minimum Gasteiger partial charge on any atom is -0.310 e. The number of hydrogen-bond acceptors (Lipinski definition) is 1. The van der Waals surface area contributed by atoms with E-state index >= 15 is 0 Å². The number of benzene rings is 1. The molecule has 0 amide bonds. The van der Waals surface area contributed by atoms with Gasteiger partial charge >= 0.3 is 0 Å². The maximum Gasteiger partial charge on any atom is 0.124 e. The van der Waals surface area contributed by atoms with Crippen molar-refractivity contribution in [3.8, 4) is 0 Å². The molecule has 18 heavy (non-hydrogen) atoms. The second kappa shape index (κ2) is 7.75. The average molecular weight is 272 g/mol. The molecule has 2 atom stereocenters. The van der Waals surface area contributed by atoms with Gasteiger partial charge in [0.15, 0.2) is 0 Å². The molecule has 1 aromatic carbocycles. The van der Waals surface area contributed by atoms with E-state index in [9.17, 15) is 4.39 Å². The third-order valence-electron chi connectivity index (χ3n) is 3.21. The molecule has 1 aromatic rings. The van der Waals surface area contributed by atoms with Crippen molar-refractivity contribution in [2.75, 3.05) is 6.54 Å². The van der Waals surface area contributed by atoms with E-state index < -0.39 is 0 Å². The normalized spacial score (nSPS) is 14.5. The molecule has 0 spiro atoms. The lowest BCUT2D eigenvalue weighted by Crippen LogP contribution is -2.23. The molecule has 1 rings (SSSR count). The lowest BCUT2D eigenvalue weighted by molar-refractivity contribution is 0.395. The zero-order valence-corrected chi connectivity index (χ0v) is 12.2. The van der Waals surface area contributed by atoms with Gasteiger partial charge in [-0.05, 0) is 36.6 Å². The van der Waals surface area contributed by atoms with Crippen LogP contribution in [0.25, 0.3) is 0 Å². The molecule has 0 aromatic heterocycles. The van der Waals surface area contributed by atoms with E-state index in [4.69, 9.17) is 11.6 Å². The SMILES string of the molecule is CCCC(C)CC(NCC)c1ccc(F)cc1Cl. The van der Waals surface area contributed by atoms with Crippen LogP contribution < -0.4 is 5.32 Å². The Hall–Kier alpha value is -0.600. The fraction of sp³-hybridized carbons (Fsp3) is 0.600. The summed E-state index contributed by atoms with van der Waals surface area (Å²) in [6.45, 7) is 7.42. The maximum atomic E-state index is 13.1. The predicted octanol–water partition coefficient (Wildman–Crippen LogP) is 4.96. The van der Waals surface area contributed by atoms with Crippen molar-refractivity contribution >= 4 is 11.6 Å². The van der Waals surface area contributed by atoms with E-state index in [1.54, 1.807) is 6.07 Å². The second-order valence-electron chi connectivity index (χ2n) is 4.91. The first-order chi connectivity index (χ1) is 8.58. The monoisotopic (exact) mass is 271 g/mol. The molecule has 0 aliphatic heterocycles. The highest BCUT2D eigenvalue weighted by Gasteiger charge is 2.17. The molecular weight excluding hydrogens is 249 g/mol. The number of halogens is 2. The van der Waals surface area contributed by atoms with Crippen LogP contribution in [0.2, 0.25) is 5.02 Å². The summed E-state index contributed by atoms with van der Waals surface area (Å²) in [5.74, 6) is 0.362. The fourth-order valence-electron chi connectivity index (χ4n) is 2.36. The molecule has 2 unspecified atom stereocenters. The highest BCUT2D eigenvalue weighted by molar-refractivity contribution is 6.31. The van der Waals surface area contributed by atoms with Gasteiger partial charge in [-0.15, -0.1) is 0 Å². The Labute approximate surface area is 115 Å². The van der Waals surface area contributed by atoms with Crippen LogP contribution >= 0.6 is 11.6 Å². The fourth-order valence-corrected chi connectivity index (χ4v) is 2.66. The van der Waals surface area contributed by atoms with Gasteiger partial charge in [0.1, 0.15) is 5.82 Å². The van der Waals surface area contributed by atoms with E-state index in [0.29, 0.717) is 10.9 Å². The van der Waals surface area contributed by atoms with Crippen molar-refractivity contribution in [2.45, 2.75) is 46.1 Å². The van der Waals surface area contributed by atoms with Crippen LogP contribution in [0.1, 0.15) is 51.6 Å². The van der Waals surface area contributed by atoms with Crippen molar-refractivity contribution in [2.24, 2.45) is 5.92 Å². The van der Waals surface area contributed by atoms with E-state index in [1.807, 2.05) is 0 Å². The summed E-state index contributed by atoms with van der Waals surface area (Å²) >= 11 is 6.14. The molecule has 0 aliphatic rings. The Morgan fingerprint density at radius 2 is 2.06 bits per heavy atom. The maximum absolute atomic E-state index is 13.1. The van der Waals surface area contributed by atoms with Gasteiger partial charge in [0, 0.05) is 11.1 Å². The van der Waals surface area contributed by atoms with Crippen LogP contribution in [0.15, 0.2) is 18.2 Å². The van der Waals surface area contributed by atoms with Gasteiger partial charge in [0.25, 0.3) is 0 Å². The first-order valence-corrected chi connectivity index (χ1v) is 7.14. The van der Waals surface area contributed by atoms with Gasteiger partial charge < -0.3 is 5.32 Å². The summed E-state index contributed by atoms with van der Waals surface area (Å²) in [6, 6.07) is 4.88. The Morgan fingerprint density at radius 1 is 1.33 bits per heavy atom. The predicted molar refractivity (Wildman–Crippen MR) is 76.5 cm³/mol. The van der Waals surface area contributed by atoms with Crippen molar-refractivity contribution < 1.29 is 4.39 Å². The number of hydrogen-bond donors (Lipinski definition) is 1. The average Bonchev–Trinajstić information content (AvgIpc) is 2.29. The summed E-state index contributed by atoms with van der Waals surface area (Å²) in [5.41, 5.74) is 1.00. The minimum absolute atomic E-state index is 0.213. The Kier molecular flexibility index (Phi) is 6.66. The van der Waals surface area contributed by atoms with Gasteiger partial charge in [0.2, 0.25) is 0 Å². The third-order valence-corrected chi connectivity index (χ3v) is 3.54. The van der Waals surface area contributed by atoms with Crippen LogP contribution in [-0.4, -0.2) is 6.54 Å². The standard InChI is InChI=1S/C15H23ClFN/c1-4-6-11(3)9-15(18-5-2)13-8-7-12(17)10-14(13)16/h7-8,10-11,15,18H,4-6,9H2,1-3H3. The summed E-state index contributed by atoms with van der Waals surface area (Å²) in [7, 11) is 0. The molecule has 3 heteroatoms. The van der Waals surface area contributed by atoms with Gasteiger partial charge in [-0.3, -0.25) is 0 Å². The van der Waals surface area contributed by atoms with Crippen LogP contribution in [0.3, 0.4) is 0 Å². The van der Waals surface area contributed by atoms with Gasteiger partial charge in [0.05, 0.1) is 0 Å². The summed E-state index contributed by atoms with van der Waals surface area (Å²) in [5, 5.41) is 3.96. The van der Waals surface area contributed by atoms with Crippen LogP contribution in [-0.2, 0) is 0 Å². The molecule has 0 fully saturated rings. The summed E-state index contributed by atoms with van der Waals surface area (Å²) in [6.07, 6.45) is 3.44. The number of rotatable bonds is 7. The highest BCUT2D eigenvalue weighted by Crippen LogP contribution is 2.29. The smallest absolute Gasteiger partial charge is 0.124 e. The van der Waals surface area contributed by atoms with E-state index in [2.05, 4.69) is 26.1 Å². The van der Waals surface area contributed by atoms with Crippen LogP contribution in [0.5, 0.6) is 0 Å². The highest BCUT2D eigenvalue weighted by atomic mass is 35.5. The molecule has 0 radical (unpaired) electrons.